The van der Waals surface area contributed by atoms with E-state index in [-0.39, 0.29) is 18.3 Å². The van der Waals surface area contributed by atoms with E-state index in [2.05, 4.69) is 10.6 Å². The highest BCUT2D eigenvalue weighted by Crippen LogP contribution is 2.15. The van der Waals surface area contributed by atoms with Gasteiger partial charge >= 0.3 is 0 Å². The summed E-state index contributed by atoms with van der Waals surface area (Å²) in [7, 11) is 0. The van der Waals surface area contributed by atoms with Gasteiger partial charge in [-0.15, -0.1) is 0 Å². The van der Waals surface area contributed by atoms with Gasteiger partial charge in [0.25, 0.3) is 0 Å². The second-order valence-electron chi connectivity index (χ2n) is 5.08. The van der Waals surface area contributed by atoms with Gasteiger partial charge in [0.15, 0.2) is 0 Å². The van der Waals surface area contributed by atoms with Crippen LogP contribution in [-0.2, 0) is 11.3 Å². The van der Waals surface area contributed by atoms with Gasteiger partial charge in [0.1, 0.15) is 5.82 Å². The van der Waals surface area contributed by atoms with Crippen LogP contribution in [0.3, 0.4) is 0 Å². The quantitative estimate of drug-likeness (QED) is 0.886. The number of hydrogen-bond acceptors (Lipinski definition) is 2. The summed E-state index contributed by atoms with van der Waals surface area (Å²) in [5.41, 5.74) is 3.80. The van der Waals surface area contributed by atoms with Crippen LogP contribution in [0.4, 0.5) is 10.1 Å². The molecule has 2 aromatic carbocycles. The first kappa shape index (κ1) is 15.0. The van der Waals surface area contributed by atoms with Gasteiger partial charge in [-0.1, -0.05) is 29.8 Å². The molecule has 110 valence electrons. The Morgan fingerprint density at radius 2 is 1.81 bits per heavy atom. The molecule has 0 aliphatic carbocycles. The number of carbonyl (C=O) groups is 1. The number of anilines is 1. The van der Waals surface area contributed by atoms with Crippen LogP contribution in [0.5, 0.6) is 0 Å². The first-order chi connectivity index (χ1) is 10.0. The second kappa shape index (κ2) is 6.88. The van der Waals surface area contributed by atoms with E-state index in [1.807, 2.05) is 31.2 Å². The van der Waals surface area contributed by atoms with E-state index in [1.165, 1.54) is 17.7 Å². The fourth-order valence-corrected chi connectivity index (χ4v) is 1.97. The maximum absolute atomic E-state index is 13.0. The number of nitrogens with one attached hydrogen (secondary N) is 2. The number of rotatable bonds is 5. The van der Waals surface area contributed by atoms with Crippen LogP contribution in [0.25, 0.3) is 0 Å². The molecule has 4 heteroatoms. The van der Waals surface area contributed by atoms with Gasteiger partial charge in [-0.05, 0) is 43.2 Å². The molecule has 0 saturated heterocycles. The highest BCUT2D eigenvalue weighted by Gasteiger charge is 2.04. The van der Waals surface area contributed by atoms with Crippen molar-refractivity contribution in [3.63, 3.8) is 0 Å². The number of amides is 1. The van der Waals surface area contributed by atoms with Crippen LogP contribution in [0, 0.1) is 19.7 Å². The van der Waals surface area contributed by atoms with Crippen molar-refractivity contribution in [2.75, 3.05) is 11.9 Å². The molecule has 21 heavy (non-hydrogen) atoms. The van der Waals surface area contributed by atoms with Gasteiger partial charge in [0.05, 0.1) is 6.54 Å². The monoisotopic (exact) mass is 286 g/mol. The van der Waals surface area contributed by atoms with Crippen LogP contribution >= 0.6 is 0 Å². The highest BCUT2D eigenvalue weighted by atomic mass is 19.1. The third-order valence-electron chi connectivity index (χ3n) is 3.24. The first-order valence-electron chi connectivity index (χ1n) is 6.87. The standard InChI is InChI=1S/C17H19FN2O/c1-12-3-5-14(6-4-12)10-20-17(21)11-19-16-8-7-15(18)9-13(16)2/h3-9,19H,10-11H2,1-2H3,(H,20,21). The molecule has 0 heterocycles. The van der Waals surface area contributed by atoms with Crippen molar-refractivity contribution in [1.29, 1.82) is 0 Å². The largest absolute Gasteiger partial charge is 0.376 e. The SMILES string of the molecule is Cc1ccc(CNC(=O)CNc2ccc(F)cc2C)cc1. The highest BCUT2D eigenvalue weighted by molar-refractivity contribution is 5.80. The molecule has 2 rings (SSSR count). The lowest BCUT2D eigenvalue weighted by molar-refractivity contribution is -0.119. The van der Waals surface area contributed by atoms with Crippen molar-refractivity contribution < 1.29 is 9.18 Å². The van der Waals surface area contributed by atoms with Gasteiger partial charge in [-0.3, -0.25) is 4.79 Å². The third-order valence-corrected chi connectivity index (χ3v) is 3.24. The molecule has 0 atom stereocenters. The maximum atomic E-state index is 13.0. The lowest BCUT2D eigenvalue weighted by atomic mass is 10.1. The molecule has 0 bridgehead atoms. The summed E-state index contributed by atoms with van der Waals surface area (Å²) < 4.78 is 13.0. The van der Waals surface area contributed by atoms with E-state index in [0.29, 0.717) is 6.54 Å². The number of hydrogen-bond donors (Lipinski definition) is 2. The van der Waals surface area contributed by atoms with Gasteiger partial charge < -0.3 is 10.6 Å². The maximum Gasteiger partial charge on any atom is 0.239 e. The molecule has 0 aliphatic rings. The molecule has 0 saturated carbocycles. The molecular weight excluding hydrogens is 267 g/mol. The van der Waals surface area contributed by atoms with Crippen molar-refractivity contribution in [2.45, 2.75) is 20.4 Å². The van der Waals surface area contributed by atoms with E-state index >= 15 is 0 Å². The fraction of sp³-hybridized carbons (Fsp3) is 0.235. The Morgan fingerprint density at radius 3 is 2.48 bits per heavy atom. The zero-order valence-corrected chi connectivity index (χ0v) is 12.2. The zero-order valence-electron chi connectivity index (χ0n) is 12.2. The summed E-state index contributed by atoms with van der Waals surface area (Å²) in [5.74, 6) is -0.374. The molecule has 0 radical (unpaired) electrons. The Bertz CT molecular complexity index is 623. The molecule has 0 aromatic heterocycles. The summed E-state index contributed by atoms with van der Waals surface area (Å²) in [4.78, 5) is 11.8. The molecule has 0 fully saturated rings. The average Bonchev–Trinajstić information content (AvgIpc) is 2.46. The molecule has 1 amide bonds. The lowest BCUT2D eigenvalue weighted by Crippen LogP contribution is -2.29. The first-order valence-corrected chi connectivity index (χ1v) is 6.87. The molecule has 2 N–H and O–H groups in total. The van der Waals surface area contributed by atoms with Gasteiger partial charge in [0, 0.05) is 12.2 Å². The van der Waals surface area contributed by atoms with E-state index in [1.54, 1.807) is 13.0 Å². The Morgan fingerprint density at radius 1 is 1.10 bits per heavy atom. The Labute approximate surface area is 124 Å². The number of aryl methyl sites for hydroxylation is 2. The smallest absolute Gasteiger partial charge is 0.239 e. The predicted octanol–water partition coefficient (Wildman–Crippen LogP) is 3.17. The number of carbonyl (C=O) groups excluding carboxylic acids is 1. The molecule has 0 unspecified atom stereocenters. The van der Waals surface area contributed by atoms with Gasteiger partial charge in [-0.25, -0.2) is 4.39 Å². The summed E-state index contributed by atoms with van der Waals surface area (Å²) >= 11 is 0. The van der Waals surface area contributed by atoms with Crippen LogP contribution in [0.2, 0.25) is 0 Å². The van der Waals surface area contributed by atoms with E-state index in [0.717, 1.165) is 16.8 Å². The molecule has 3 nitrogen and oxygen atoms in total. The van der Waals surface area contributed by atoms with E-state index < -0.39 is 0 Å². The van der Waals surface area contributed by atoms with Crippen molar-refractivity contribution in [1.82, 2.24) is 5.32 Å². The minimum absolute atomic E-state index is 0.0979. The third kappa shape index (κ3) is 4.60. The summed E-state index contributed by atoms with van der Waals surface area (Å²) in [6.07, 6.45) is 0. The molecule has 0 aliphatic heterocycles. The van der Waals surface area contributed by atoms with Gasteiger partial charge in [0.2, 0.25) is 5.91 Å². The number of halogens is 1. The van der Waals surface area contributed by atoms with Crippen molar-refractivity contribution in [3.05, 3.63) is 65.0 Å². The fourth-order valence-electron chi connectivity index (χ4n) is 1.97. The molecule has 0 spiro atoms. The lowest BCUT2D eigenvalue weighted by Gasteiger charge is -2.10. The van der Waals surface area contributed by atoms with Crippen molar-refractivity contribution in [3.8, 4) is 0 Å². The normalized spacial score (nSPS) is 10.2. The molecule has 2 aromatic rings. The second-order valence-corrected chi connectivity index (χ2v) is 5.08. The Balaban J connectivity index is 1.80. The summed E-state index contributed by atoms with van der Waals surface area (Å²) in [6.45, 7) is 4.49. The summed E-state index contributed by atoms with van der Waals surface area (Å²) in [6, 6.07) is 12.5. The van der Waals surface area contributed by atoms with Crippen LogP contribution in [0.15, 0.2) is 42.5 Å². The average molecular weight is 286 g/mol. The molecular formula is C17H19FN2O. The van der Waals surface area contributed by atoms with Gasteiger partial charge in [-0.2, -0.15) is 0 Å². The van der Waals surface area contributed by atoms with Crippen LogP contribution in [-0.4, -0.2) is 12.5 Å². The van der Waals surface area contributed by atoms with E-state index in [9.17, 15) is 9.18 Å². The topological polar surface area (TPSA) is 41.1 Å². The van der Waals surface area contributed by atoms with Crippen LogP contribution < -0.4 is 10.6 Å². The Kier molecular flexibility index (Phi) is 4.93. The minimum atomic E-state index is -0.276. The summed E-state index contributed by atoms with van der Waals surface area (Å²) in [5, 5.41) is 5.85. The van der Waals surface area contributed by atoms with Crippen molar-refractivity contribution >= 4 is 11.6 Å². The van der Waals surface area contributed by atoms with Crippen molar-refractivity contribution in [2.24, 2.45) is 0 Å². The minimum Gasteiger partial charge on any atom is -0.376 e. The Hall–Kier alpha value is -2.36. The van der Waals surface area contributed by atoms with E-state index in [4.69, 9.17) is 0 Å². The zero-order chi connectivity index (χ0) is 15.2. The number of benzene rings is 2. The predicted molar refractivity (Wildman–Crippen MR) is 82.7 cm³/mol. The van der Waals surface area contributed by atoms with Crippen LogP contribution in [0.1, 0.15) is 16.7 Å².